The van der Waals surface area contributed by atoms with Crippen LogP contribution < -0.4 is 4.72 Å². The zero-order valence-electron chi connectivity index (χ0n) is 12.2. The van der Waals surface area contributed by atoms with Gasteiger partial charge in [-0.25, -0.2) is 23.2 Å². The Balaban J connectivity index is 2.29. The van der Waals surface area contributed by atoms with Gasteiger partial charge in [0.25, 0.3) is 10.0 Å². The van der Waals surface area contributed by atoms with E-state index >= 15 is 0 Å². The Hall–Kier alpha value is -2.00. The number of hydrogen-bond donors (Lipinski definition) is 2. The number of nitrogens with zero attached hydrogens (tertiary/aromatic N) is 2. The first-order chi connectivity index (χ1) is 10.2. The summed E-state index contributed by atoms with van der Waals surface area (Å²) in [5, 5.41) is 8.94. The van der Waals surface area contributed by atoms with Gasteiger partial charge in [0, 0.05) is 10.8 Å². The van der Waals surface area contributed by atoms with Gasteiger partial charge in [0.1, 0.15) is 15.6 Å². The highest BCUT2D eigenvalue weighted by atomic mass is 32.2. The monoisotopic (exact) mass is 341 g/mol. The van der Waals surface area contributed by atoms with Crippen molar-refractivity contribution in [2.24, 2.45) is 0 Å². The summed E-state index contributed by atoms with van der Waals surface area (Å²) in [6, 6.07) is 1.15. The summed E-state index contributed by atoms with van der Waals surface area (Å²) < 4.78 is 27.0. The number of nitrogens with one attached hydrogen (secondary N) is 1. The molecule has 0 spiro atoms. The summed E-state index contributed by atoms with van der Waals surface area (Å²) in [6.45, 7) is 5.42. The summed E-state index contributed by atoms with van der Waals surface area (Å²) in [4.78, 5) is 19.4. The van der Waals surface area contributed by atoms with Crippen LogP contribution in [-0.2, 0) is 10.0 Å². The van der Waals surface area contributed by atoms with Crippen LogP contribution in [0.15, 0.2) is 23.4 Å². The van der Waals surface area contributed by atoms with Crippen LogP contribution in [0, 0.1) is 6.92 Å². The molecule has 2 rings (SSSR count). The molecule has 0 saturated carbocycles. The van der Waals surface area contributed by atoms with Gasteiger partial charge in [-0.05, 0) is 13.0 Å². The van der Waals surface area contributed by atoms with Gasteiger partial charge in [0.2, 0.25) is 0 Å². The van der Waals surface area contributed by atoms with Crippen LogP contribution in [0.25, 0.3) is 0 Å². The van der Waals surface area contributed by atoms with Crippen molar-refractivity contribution < 1.29 is 18.3 Å². The van der Waals surface area contributed by atoms with Crippen LogP contribution in [0.4, 0.5) is 5.69 Å². The van der Waals surface area contributed by atoms with Gasteiger partial charge in [-0.3, -0.25) is 4.72 Å². The second kappa shape index (κ2) is 6.01. The zero-order chi connectivity index (χ0) is 16.5. The predicted molar refractivity (Wildman–Crippen MR) is 82.9 cm³/mol. The fourth-order valence-corrected chi connectivity index (χ4v) is 4.20. The molecule has 0 amide bonds. The minimum absolute atomic E-state index is 0.0238. The lowest BCUT2D eigenvalue weighted by Crippen LogP contribution is -2.14. The molecule has 0 aromatic carbocycles. The van der Waals surface area contributed by atoms with E-state index in [-0.39, 0.29) is 21.4 Å². The molecule has 22 heavy (non-hydrogen) atoms. The highest BCUT2D eigenvalue weighted by Crippen LogP contribution is 2.27. The number of aryl methyl sites for hydroxylation is 1. The smallest absolute Gasteiger partial charge is 0.345 e. The fourth-order valence-electron chi connectivity index (χ4n) is 1.74. The first-order valence-corrected chi connectivity index (χ1v) is 8.69. The second-order valence-corrected chi connectivity index (χ2v) is 7.83. The van der Waals surface area contributed by atoms with Gasteiger partial charge in [-0.1, -0.05) is 13.8 Å². The number of hydrogen-bond acceptors (Lipinski definition) is 6. The van der Waals surface area contributed by atoms with Crippen molar-refractivity contribution in [3.05, 3.63) is 34.0 Å². The number of thiophene rings is 1. The van der Waals surface area contributed by atoms with Gasteiger partial charge in [0.05, 0.1) is 18.1 Å². The van der Waals surface area contributed by atoms with Gasteiger partial charge < -0.3 is 5.11 Å². The molecule has 2 aromatic heterocycles. The number of carboxylic acids is 1. The van der Waals surface area contributed by atoms with E-state index in [0.29, 0.717) is 10.7 Å². The Morgan fingerprint density at radius 1 is 1.32 bits per heavy atom. The van der Waals surface area contributed by atoms with Gasteiger partial charge in [-0.2, -0.15) is 0 Å². The quantitative estimate of drug-likeness (QED) is 0.864. The number of aromatic nitrogens is 2. The molecular weight excluding hydrogens is 326 g/mol. The summed E-state index contributed by atoms with van der Waals surface area (Å²) in [5.74, 6) is -0.398. The Bertz CT molecular complexity index is 795. The van der Waals surface area contributed by atoms with Crippen LogP contribution >= 0.6 is 11.3 Å². The topological polar surface area (TPSA) is 109 Å². The minimum Gasteiger partial charge on any atom is -0.477 e. The maximum atomic E-state index is 12.3. The highest BCUT2D eigenvalue weighted by molar-refractivity contribution is 7.93. The van der Waals surface area contributed by atoms with E-state index < -0.39 is 16.0 Å². The van der Waals surface area contributed by atoms with E-state index in [1.165, 1.54) is 12.4 Å². The average Bonchev–Trinajstić information content (AvgIpc) is 2.82. The summed E-state index contributed by atoms with van der Waals surface area (Å²) in [7, 11) is -3.87. The van der Waals surface area contributed by atoms with Crippen molar-refractivity contribution in [1.29, 1.82) is 0 Å². The number of anilines is 1. The number of carboxylic acid groups (broad SMARTS) is 1. The van der Waals surface area contributed by atoms with Crippen molar-refractivity contribution >= 4 is 33.0 Å². The van der Waals surface area contributed by atoms with E-state index in [1.54, 1.807) is 6.92 Å². The SMILES string of the molecule is Cc1sc(C(=O)O)cc1S(=O)(=O)Nc1cnc(C(C)C)nc1. The maximum absolute atomic E-state index is 12.3. The van der Waals surface area contributed by atoms with Gasteiger partial charge >= 0.3 is 5.97 Å². The van der Waals surface area contributed by atoms with Crippen molar-refractivity contribution in [2.75, 3.05) is 4.72 Å². The van der Waals surface area contributed by atoms with Crippen molar-refractivity contribution in [1.82, 2.24) is 9.97 Å². The summed E-state index contributed by atoms with van der Waals surface area (Å²) in [5.41, 5.74) is 0.229. The number of rotatable bonds is 5. The van der Waals surface area contributed by atoms with E-state index in [4.69, 9.17) is 5.11 Å². The van der Waals surface area contributed by atoms with E-state index in [9.17, 15) is 13.2 Å². The number of sulfonamides is 1. The molecule has 0 bridgehead atoms. The molecule has 118 valence electrons. The van der Waals surface area contributed by atoms with Crippen LogP contribution in [-0.4, -0.2) is 29.5 Å². The van der Waals surface area contributed by atoms with Crippen LogP contribution in [0.3, 0.4) is 0 Å². The third kappa shape index (κ3) is 3.42. The Morgan fingerprint density at radius 2 is 1.91 bits per heavy atom. The molecule has 2 aromatic rings. The molecule has 2 heterocycles. The first kappa shape index (κ1) is 16.4. The zero-order valence-corrected chi connectivity index (χ0v) is 13.8. The molecular formula is C13H15N3O4S2. The van der Waals surface area contributed by atoms with Crippen LogP contribution in [0.1, 0.15) is 40.1 Å². The van der Waals surface area contributed by atoms with E-state index in [2.05, 4.69) is 14.7 Å². The normalized spacial score (nSPS) is 11.6. The van der Waals surface area contributed by atoms with E-state index in [1.807, 2.05) is 13.8 Å². The van der Waals surface area contributed by atoms with Crippen molar-refractivity contribution in [3.63, 3.8) is 0 Å². The highest BCUT2D eigenvalue weighted by Gasteiger charge is 2.22. The lowest BCUT2D eigenvalue weighted by atomic mass is 10.2. The molecule has 0 aliphatic carbocycles. The average molecular weight is 341 g/mol. The molecule has 0 unspecified atom stereocenters. The van der Waals surface area contributed by atoms with Crippen molar-refractivity contribution in [3.8, 4) is 0 Å². The summed E-state index contributed by atoms with van der Waals surface area (Å²) in [6.07, 6.45) is 2.78. The Morgan fingerprint density at radius 3 is 2.36 bits per heavy atom. The third-order valence-corrected chi connectivity index (χ3v) is 5.49. The number of aromatic carboxylic acids is 1. The van der Waals surface area contributed by atoms with E-state index in [0.717, 1.165) is 17.4 Å². The lowest BCUT2D eigenvalue weighted by Gasteiger charge is -2.08. The Kier molecular flexibility index (Phi) is 4.47. The predicted octanol–water partition coefficient (Wildman–Crippen LogP) is 2.47. The lowest BCUT2D eigenvalue weighted by molar-refractivity contribution is 0.0702. The molecule has 0 aliphatic heterocycles. The minimum atomic E-state index is -3.87. The molecule has 0 aliphatic rings. The van der Waals surface area contributed by atoms with Crippen LogP contribution in [0.2, 0.25) is 0 Å². The molecule has 9 heteroatoms. The molecule has 7 nitrogen and oxygen atoms in total. The third-order valence-electron chi connectivity index (χ3n) is 2.81. The fraction of sp³-hybridized carbons (Fsp3) is 0.308. The largest absolute Gasteiger partial charge is 0.477 e. The van der Waals surface area contributed by atoms with Crippen molar-refractivity contribution in [2.45, 2.75) is 31.6 Å². The summed E-state index contributed by atoms with van der Waals surface area (Å²) >= 11 is 0.916. The van der Waals surface area contributed by atoms with Gasteiger partial charge in [0.15, 0.2) is 0 Å². The molecule has 0 saturated heterocycles. The van der Waals surface area contributed by atoms with Crippen LogP contribution in [0.5, 0.6) is 0 Å². The molecule has 0 atom stereocenters. The standard InChI is InChI=1S/C13H15N3O4S2/c1-7(2)12-14-5-9(6-15-12)16-22(19,20)11-4-10(13(17)18)21-8(11)3/h4-7,16H,1-3H3,(H,17,18). The second-order valence-electron chi connectivity index (χ2n) is 4.93. The number of carbonyl (C=O) groups is 1. The molecule has 0 radical (unpaired) electrons. The van der Waals surface area contributed by atoms with Gasteiger partial charge in [-0.15, -0.1) is 11.3 Å². The molecule has 2 N–H and O–H groups in total. The maximum Gasteiger partial charge on any atom is 0.345 e. The molecule has 0 fully saturated rings. The first-order valence-electron chi connectivity index (χ1n) is 6.39. The Labute approximate surface area is 132 Å².